The van der Waals surface area contributed by atoms with Gasteiger partial charge in [-0.25, -0.2) is 9.59 Å². The zero-order chi connectivity index (χ0) is 29.8. The number of aliphatic hydroxyl groups excluding tert-OH is 6. The molecular formula is C28H34O13. The minimum Gasteiger partial charge on any atom is -0.459 e. The number of ether oxygens (including phenoxy) is 5. The molecule has 0 aromatic heterocycles. The van der Waals surface area contributed by atoms with E-state index in [-0.39, 0.29) is 11.1 Å². The average Bonchev–Trinajstić information content (AvgIpc) is 2.96. The molecule has 0 aliphatic carbocycles. The molecule has 0 bridgehead atoms. The van der Waals surface area contributed by atoms with E-state index in [0.717, 1.165) is 0 Å². The normalized spacial score (nSPS) is 33.7. The number of rotatable bonds is 8. The van der Waals surface area contributed by atoms with Gasteiger partial charge in [-0.05, 0) is 37.1 Å². The second kappa shape index (κ2) is 13.3. The highest BCUT2D eigenvalue weighted by atomic mass is 16.8. The predicted molar refractivity (Wildman–Crippen MR) is 137 cm³/mol. The van der Waals surface area contributed by atoms with Gasteiger partial charge in [0.25, 0.3) is 0 Å². The van der Waals surface area contributed by atoms with Crippen molar-refractivity contribution < 1.29 is 63.9 Å². The maximum absolute atomic E-state index is 12.5. The largest absolute Gasteiger partial charge is 0.459 e. The standard InChI is InChI=1S/C28H34O13/c1-13-7-3-5-9-15(13)25(35)37-11-17-19(29)21(31)23(33)27(39-17)41-28-24(34)22(32)20(30)18(40-28)12-38-26(36)16-10-6-4-8-14(16)2/h3-10,17-24,27-34H,11-12H2,1-2H3/t17-,18-,19-,20+,21+,22+,23-,24-,27-,28-/m1/s1. The maximum Gasteiger partial charge on any atom is 0.338 e. The number of aliphatic hydroxyl groups is 6. The fraction of sp³-hybridized carbons (Fsp3) is 0.500. The molecule has 2 aliphatic heterocycles. The van der Waals surface area contributed by atoms with Crippen molar-refractivity contribution in [3.8, 4) is 0 Å². The van der Waals surface area contributed by atoms with Gasteiger partial charge in [0.1, 0.15) is 62.0 Å². The van der Waals surface area contributed by atoms with Crippen molar-refractivity contribution in [2.24, 2.45) is 0 Å². The van der Waals surface area contributed by atoms with E-state index < -0.39 is 86.6 Å². The first-order valence-corrected chi connectivity index (χ1v) is 13.0. The molecule has 2 fully saturated rings. The second-order valence-corrected chi connectivity index (χ2v) is 9.99. The molecule has 2 heterocycles. The van der Waals surface area contributed by atoms with Gasteiger partial charge in [-0.1, -0.05) is 36.4 Å². The van der Waals surface area contributed by atoms with E-state index in [2.05, 4.69) is 0 Å². The Kier molecular flexibility index (Phi) is 10.1. The van der Waals surface area contributed by atoms with E-state index >= 15 is 0 Å². The lowest BCUT2D eigenvalue weighted by atomic mass is 9.98. The van der Waals surface area contributed by atoms with Crippen LogP contribution in [0.3, 0.4) is 0 Å². The molecule has 224 valence electrons. The number of esters is 2. The number of hydrogen-bond donors (Lipinski definition) is 6. The summed E-state index contributed by atoms with van der Waals surface area (Å²) in [5.41, 5.74) is 1.88. The molecule has 0 radical (unpaired) electrons. The molecule has 0 unspecified atom stereocenters. The number of aryl methyl sites for hydroxylation is 2. The van der Waals surface area contributed by atoms with Crippen LogP contribution in [0.4, 0.5) is 0 Å². The molecule has 0 saturated carbocycles. The summed E-state index contributed by atoms with van der Waals surface area (Å²) >= 11 is 0. The summed E-state index contributed by atoms with van der Waals surface area (Å²) in [6, 6.07) is 13.3. The van der Waals surface area contributed by atoms with Crippen LogP contribution in [0.5, 0.6) is 0 Å². The van der Waals surface area contributed by atoms with Gasteiger partial charge >= 0.3 is 11.9 Å². The third kappa shape index (κ3) is 6.92. The Labute approximate surface area is 235 Å². The third-order valence-electron chi connectivity index (χ3n) is 7.09. The third-order valence-corrected chi connectivity index (χ3v) is 7.09. The Hall–Kier alpha value is -2.98. The molecule has 2 aromatic carbocycles. The van der Waals surface area contributed by atoms with Gasteiger partial charge in [-0.3, -0.25) is 0 Å². The lowest BCUT2D eigenvalue weighted by Crippen LogP contribution is -2.64. The van der Waals surface area contributed by atoms with Crippen LogP contribution in [-0.4, -0.2) is 117 Å². The van der Waals surface area contributed by atoms with E-state index in [4.69, 9.17) is 23.7 Å². The number of hydrogen-bond acceptors (Lipinski definition) is 13. The van der Waals surface area contributed by atoms with Crippen molar-refractivity contribution >= 4 is 11.9 Å². The lowest BCUT2D eigenvalue weighted by molar-refractivity contribution is -0.376. The molecule has 13 heteroatoms. The summed E-state index contributed by atoms with van der Waals surface area (Å²) in [5.74, 6) is -1.41. The molecule has 2 aromatic rings. The Morgan fingerprint density at radius 2 is 0.976 bits per heavy atom. The smallest absolute Gasteiger partial charge is 0.338 e. The van der Waals surface area contributed by atoms with Crippen molar-refractivity contribution in [2.45, 2.75) is 75.3 Å². The number of carbonyl (C=O) groups is 2. The quantitative estimate of drug-likeness (QED) is 0.207. The van der Waals surface area contributed by atoms with E-state index in [9.17, 15) is 40.2 Å². The summed E-state index contributed by atoms with van der Waals surface area (Å²) in [4.78, 5) is 25.0. The van der Waals surface area contributed by atoms with Crippen molar-refractivity contribution in [3.63, 3.8) is 0 Å². The second-order valence-electron chi connectivity index (χ2n) is 9.99. The first-order chi connectivity index (χ1) is 19.5. The van der Waals surface area contributed by atoms with Crippen molar-refractivity contribution in [1.82, 2.24) is 0 Å². The fourth-order valence-corrected chi connectivity index (χ4v) is 4.54. The molecule has 0 amide bonds. The van der Waals surface area contributed by atoms with E-state index in [0.29, 0.717) is 11.1 Å². The zero-order valence-electron chi connectivity index (χ0n) is 22.3. The van der Waals surface area contributed by atoms with E-state index in [1.165, 1.54) is 0 Å². The molecule has 4 rings (SSSR count). The van der Waals surface area contributed by atoms with Crippen LogP contribution in [0.15, 0.2) is 48.5 Å². The summed E-state index contributed by atoms with van der Waals surface area (Å²) in [6.07, 6.45) is -16.8. The van der Waals surface area contributed by atoms with Crippen LogP contribution < -0.4 is 0 Å². The van der Waals surface area contributed by atoms with Crippen LogP contribution in [0, 0.1) is 13.8 Å². The minimum absolute atomic E-state index is 0.284. The molecule has 10 atom stereocenters. The van der Waals surface area contributed by atoms with Crippen LogP contribution in [0.25, 0.3) is 0 Å². The summed E-state index contributed by atoms with van der Waals surface area (Å²) in [6.45, 7) is 2.38. The molecule has 41 heavy (non-hydrogen) atoms. The molecular weight excluding hydrogens is 544 g/mol. The number of benzene rings is 2. The molecule has 6 N–H and O–H groups in total. The van der Waals surface area contributed by atoms with Crippen molar-refractivity contribution in [3.05, 3.63) is 70.8 Å². The average molecular weight is 579 g/mol. The van der Waals surface area contributed by atoms with Gasteiger partial charge in [-0.2, -0.15) is 0 Å². The maximum atomic E-state index is 12.5. The van der Waals surface area contributed by atoms with Crippen molar-refractivity contribution in [2.75, 3.05) is 13.2 Å². The van der Waals surface area contributed by atoms with E-state index in [1.807, 2.05) is 0 Å². The predicted octanol–water partition coefficient (Wildman–Crippen LogP) is -1.05. The van der Waals surface area contributed by atoms with Crippen LogP contribution >= 0.6 is 0 Å². The molecule has 0 spiro atoms. The molecule has 2 saturated heterocycles. The van der Waals surface area contributed by atoms with Gasteiger partial charge in [0.05, 0.1) is 11.1 Å². The van der Waals surface area contributed by atoms with Crippen molar-refractivity contribution in [1.29, 1.82) is 0 Å². The summed E-state index contributed by atoms with van der Waals surface area (Å²) < 4.78 is 27.0. The highest BCUT2D eigenvalue weighted by molar-refractivity contribution is 5.91. The summed E-state index contributed by atoms with van der Waals surface area (Å²) in [7, 11) is 0. The fourth-order valence-electron chi connectivity index (χ4n) is 4.54. The number of carbonyl (C=O) groups excluding carboxylic acids is 2. The zero-order valence-corrected chi connectivity index (χ0v) is 22.3. The Morgan fingerprint density at radius 1 is 0.610 bits per heavy atom. The molecule has 13 nitrogen and oxygen atoms in total. The summed E-state index contributed by atoms with van der Waals surface area (Å²) in [5, 5.41) is 62.5. The first-order valence-electron chi connectivity index (χ1n) is 13.0. The first kappa shape index (κ1) is 31.0. The van der Waals surface area contributed by atoms with Crippen LogP contribution in [0.2, 0.25) is 0 Å². The Bertz CT molecular complexity index is 1110. The highest BCUT2D eigenvalue weighted by Crippen LogP contribution is 2.29. The van der Waals surface area contributed by atoms with Gasteiger partial charge in [0.15, 0.2) is 12.6 Å². The van der Waals surface area contributed by atoms with Gasteiger partial charge in [-0.15, -0.1) is 0 Å². The minimum atomic E-state index is -1.84. The lowest BCUT2D eigenvalue weighted by Gasteiger charge is -2.44. The Balaban J connectivity index is 1.39. The van der Waals surface area contributed by atoms with Gasteiger partial charge < -0.3 is 54.3 Å². The molecule has 2 aliphatic rings. The SMILES string of the molecule is Cc1ccccc1C(=O)OC[C@H]1O[C@H](O[C@H]2O[C@H](COC(=O)c3ccccc3C)[C@@H](O)[C@H](O)[C@H]2O)[C@H](O)[C@@H](O)[C@H]1O. The highest BCUT2D eigenvalue weighted by Gasteiger charge is 2.50. The van der Waals surface area contributed by atoms with Crippen LogP contribution in [0.1, 0.15) is 31.8 Å². The van der Waals surface area contributed by atoms with Gasteiger partial charge in [0, 0.05) is 0 Å². The van der Waals surface area contributed by atoms with Gasteiger partial charge in [0.2, 0.25) is 0 Å². The van der Waals surface area contributed by atoms with Crippen LogP contribution in [-0.2, 0) is 23.7 Å². The topological polar surface area (TPSA) is 202 Å². The van der Waals surface area contributed by atoms with E-state index in [1.54, 1.807) is 62.4 Å². The monoisotopic (exact) mass is 578 g/mol. The Morgan fingerprint density at radius 3 is 1.34 bits per heavy atom.